The van der Waals surface area contributed by atoms with Gasteiger partial charge < -0.3 is 5.73 Å². The maximum atomic E-state index is 12.6. The summed E-state index contributed by atoms with van der Waals surface area (Å²) in [5, 5.41) is 0. The highest BCUT2D eigenvalue weighted by Crippen LogP contribution is 2.25. The molecule has 1 heterocycles. The fraction of sp³-hybridized carbons (Fsp3) is 0.444. The second-order valence-corrected chi connectivity index (χ2v) is 3.84. The van der Waals surface area contributed by atoms with E-state index in [0.29, 0.717) is 5.69 Å². The molecule has 0 amide bonds. The van der Waals surface area contributed by atoms with Gasteiger partial charge in [-0.1, -0.05) is 20.8 Å². The molecule has 0 aliphatic carbocycles. The molecule has 0 aromatic carbocycles. The van der Waals surface area contributed by atoms with Gasteiger partial charge in [0.15, 0.2) is 0 Å². The molecule has 3 heteroatoms. The van der Waals surface area contributed by atoms with E-state index in [1.807, 2.05) is 20.8 Å². The Morgan fingerprint density at radius 2 is 2.00 bits per heavy atom. The van der Waals surface area contributed by atoms with Crippen molar-refractivity contribution in [3.05, 3.63) is 23.8 Å². The van der Waals surface area contributed by atoms with Crippen LogP contribution in [0, 0.1) is 5.82 Å². The number of aromatic nitrogens is 1. The second-order valence-electron chi connectivity index (χ2n) is 3.84. The Labute approximate surface area is 71.6 Å². The van der Waals surface area contributed by atoms with Crippen LogP contribution in [0.3, 0.4) is 0 Å². The van der Waals surface area contributed by atoms with Crippen molar-refractivity contribution >= 4 is 5.69 Å². The van der Waals surface area contributed by atoms with Gasteiger partial charge in [-0.3, -0.25) is 4.98 Å². The SMILES string of the molecule is CC(C)(C)c1ncc(F)cc1N. The van der Waals surface area contributed by atoms with Gasteiger partial charge in [-0.2, -0.15) is 0 Å². The number of rotatable bonds is 0. The Morgan fingerprint density at radius 1 is 1.42 bits per heavy atom. The van der Waals surface area contributed by atoms with Crippen LogP contribution in [-0.4, -0.2) is 4.98 Å². The highest BCUT2D eigenvalue weighted by Gasteiger charge is 2.18. The average Bonchev–Trinajstić information content (AvgIpc) is 1.83. The van der Waals surface area contributed by atoms with Crippen molar-refractivity contribution in [2.45, 2.75) is 26.2 Å². The van der Waals surface area contributed by atoms with Crippen LogP contribution < -0.4 is 5.73 Å². The van der Waals surface area contributed by atoms with Crippen molar-refractivity contribution in [3.63, 3.8) is 0 Å². The summed E-state index contributed by atoms with van der Waals surface area (Å²) >= 11 is 0. The molecule has 0 atom stereocenters. The summed E-state index contributed by atoms with van der Waals surface area (Å²) in [6.45, 7) is 5.97. The van der Waals surface area contributed by atoms with Crippen molar-refractivity contribution in [2.75, 3.05) is 5.73 Å². The highest BCUT2D eigenvalue weighted by molar-refractivity contribution is 5.45. The van der Waals surface area contributed by atoms with Gasteiger partial charge in [-0.25, -0.2) is 4.39 Å². The molecule has 0 radical (unpaired) electrons. The maximum absolute atomic E-state index is 12.6. The van der Waals surface area contributed by atoms with Gasteiger partial charge in [0.2, 0.25) is 0 Å². The summed E-state index contributed by atoms with van der Waals surface area (Å²) < 4.78 is 12.6. The first-order chi connectivity index (χ1) is 5.41. The van der Waals surface area contributed by atoms with Gasteiger partial charge in [0.1, 0.15) is 5.82 Å². The van der Waals surface area contributed by atoms with E-state index in [-0.39, 0.29) is 11.2 Å². The lowest BCUT2D eigenvalue weighted by Gasteiger charge is -2.19. The molecule has 0 saturated heterocycles. The van der Waals surface area contributed by atoms with Gasteiger partial charge in [-0.05, 0) is 0 Å². The highest BCUT2D eigenvalue weighted by atomic mass is 19.1. The average molecular weight is 168 g/mol. The van der Waals surface area contributed by atoms with Crippen LogP contribution in [0.4, 0.5) is 10.1 Å². The van der Waals surface area contributed by atoms with Gasteiger partial charge in [0.05, 0.1) is 17.6 Å². The lowest BCUT2D eigenvalue weighted by molar-refractivity contribution is 0.561. The summed E-state index contributed by atoms with van der Waals surface area (Å²) in [4.78, 5) is 3.95. The van der Waals surface area contributed by atoms with Crippen molar-refractivity contribution in [3.8, 4) is 0 Å². The summed E-state index contributed by atoms with van der Waals surface area (Å²) in [5.41, 5.74) is 6.64. The van der Waals surface area contributed by atoms with Crippen LogP contribution >= 0.6 is 0 Å². The molecule has 1 rings (SSSR count). The fourth-order valence-electron chi connectivity index (χ4n) is 1.08. The molecule has 12 heavy (non-hydrogen) atoms. The lowest BCUT2D eigenvalue weighted by atomic mass is 9.90. The molecule has 1 aromatic heterocycles. The van der Waals surface area contributed by atoms with Crippen molar-refractivity contribution < 1.29 is 4.39 Å². The van der Waals surface area contributed by atoms with Crippen LogP contribution in [0.2, 0.25) is 0 Å². The number of halogens is 1. The van der Waals surface area contributed by atoms with E-state index >= 15 is 0 Å². The zero-order chi connectivity index (χ0) is 9.35. The number of nitrogens with zero attached hydrogens (tertiary/aromatic N) is 1. The second kappa shape index (κ2) is 2.73. The largest absolute Gasteiger partial charge is 0.397 e. The molecule has 0 fully saturated rings. The third-order valence-electron chi connectivity index (χ3n) is 1.59. The normalized spacial score (nSPS) is 11.7. The number of anilines is 1. The third kappa shape index (κ3) is 1.72. The van der Waals surface area contributed by atoms with E-state index in [0.717, 1.165) is 5.69 Å². The molecule has 0 saturated carbocycles. The van der Waals surface area contributed by atoms with Crippen LogP contribution in [0.25, 0.3) is 0 Å². The van der Waals surface area contributed by atoms with E-state index in [2.05, 4.69) is 4.98 Å². The molecule has 2 nitrogen and oxygen atoms in total. The van der Waals surface area contributed by atoms with Gasteiger partial charge in [0, 0.05) is 11.5 Å². The molecule has 2 N–H and O–H groups in total. The van der Waals surface area contributed by atoms with Crippen LogP contribution in [-0.2, 0) is 5.41 Å². The number of hydrogen-bond acceptors (Lipinski definition) is 2. The van der Waals surface area contributed by atoms with Crippen molar-refractivity contribution in [1.82, 2.24) is 4.98 Å². The lowest BCUT2D eigenvalue weighted by Crippen LogP contribution is -2.16. The zero-order valence-corrected chi connectivity index (χ0v) is 7.56. The first-order valence-electron chi connectivity index (χ1n) is 3.83. The van der Waals surface area contributed by atoms with Gasteiger partial charge in [0.25, 0.3) is 0 Å². The maximum Gasteiger partial charge on any atom is 0.143 e. The number of nitrogen functional groups attached to an aromatic ring is 1. The first-order valence-corrected chi connectivity index (χ1v) is 3.83. The molecule has 0 unspecified atom stereocenters. The summed E-state index contributed by atoms with van der Waals surface area (Å²) in [5.74, 6) is -0.388. The molecule has 0 bridgehead atoms. The predicted molar refractivity (Wildman–Crippen MR) is 47.3 cm³/mol. The smallest absolute Gasteiger partial charge is 0.143 e. The van der Waals surface area contributed by atoms with E-state index in [4.69, 9.17) is 5.73 Å². The van der Waals surface area contributed by atoms with E-state index in [1.54, 1.807) is 0 Å². The first kappa shape index (κ1) is 8.97. The number of nitrogens with two attached hydrogens (primary N) is 1. The molecule has 0 aliphatic rings. The minimum atomic E-state index is -0.388. The van der Waals surface area contributed by atoms with Gasteiger partial charge >= 0.3 is 0 Å². The predicted octanol–water partition coefficient (Wildman–Crippen LogP) is 2.10. The third-order valence-corrected chi connectivity index (χ3v) is 1.59. The van der Waals surface area contributed by atoms with Crippen LogP contribution in [0.1, 0.15) is 26.5 Å². The zero-order valence-electron chi connectivity index (χ0n) is 7.56. The van der Waals surface area contributed by atoms with Gasteiger partial charge in [-0.15, -0.1) is 0 Å². The Morgan fingerprint density at radius 3 is 2.42 bits per heavy atom. The molecule has 0 aliphatic heterocycles. The van der Waals surface area contributed by atoms with E-state index in [9.17, 15) is 4.39 Å². The summed E-state index contributed by atoms with van der Waals surface area (Å²) in [6, 6.07) is 1.30. The monoisotopic (exact) mass is 168 g/mol. The fourth-order valence-corrected chi connectivity index (χ4v) is 1.08. The topological polar surface area (TPSA) is 38.9 Å². The Hall–Kier alpha value is -1.12. The molecule has 1 aromatic rings. The van der Waals surface area contributed by atoms with Crippen molar-refractivity contribution in [2.24, 2.45) is 0 Å². The molecule has 0 spiro atoms. The quantitative estimate of drug-likeness (QED) is 0.644. The number of pyridine rings is 1. The van der Waals surface area contributed by atoms with E-state index < -0.39 is 0 Å². The van der Waals surface area contributed by atoms with E-state index in [1.165, 1.54) is 12.3 Å². The molecular weight excluding hydrogens is 155 g/mol. The number of hydrogen-bond donors (Lipinski definition) is 1. The summed E-state index contributed by atoms with van der Waals surface area (Å²) in [7, 11) is 0. The van der Waals surface area contributed by atoms with Crippen LogP contribution in [0.5, 0.6) is 0 Å². The summed E-state index contributed by atoms with van der Waals surface area (Å²) in [6.07, 6.45) is 1.19. The van der Waals surface area contributed by atoms with Crippen LogP contribution in [0.15, 0.2) is 12.3 Å². The molecule has 66 valence electrons. The minimum absolute atomic E-state index is 0.127. The minimum Gasteiger partial charge on any atom is -0.397 e. The standard InChI is InChI=1S/C9H13FN2/c1-9(2,3)8-7(11)4-6(10)5-12-8/h4-5H,11H2,1-3H3. The molecular formula is C9H13FN2. The Kier molecular flexibility index (Phi) is 2.04. The Bertz CT molecular complexity index is 289. The van der Waals surface area contributed by atoms with Crippen molar-refractivity contribution in [1.29, 1.82) is 0 Å². The Balaban J connectivity index is 3.19.